The van der Waals surface area contributed by atoms with Crippen molar-refractivity contribution in [2.24, 2.45) is 5.14 Å². The summed E-state index contributed by atoms with van der Waals surface area (Å²) in [6.45, 7) is 1.80. The molecule has 2 heterocycles. The summed E-state index contributed by atoms with van der Waals surface area (Å²) in [6, 6.07) is 0. The molecule has 0 aliphatic rings. The molecule has 0 aliphatic heterocycles. The zero-order chi connectivity index (χ0) is 11.1. The largest absolute Gasteiger partial charge is 0.373 e. The van der Waals surface area contributed by atoms with Crippen molar-refractivity contribution < 1.29 is 13.3 Å². The van der Waals surface area contributed by atoms with Gasteiger partial charge >= 0.3 is 10.2 Å². The maximum absolute atomic E-state index is 10.6. The van der Waals surface area contributed by atoms with Gasteiger partial charge in [0.25, 0.3) is 0 Å². The Labute approximate surface area is 89.6 Å². The molecule has 15 heavy (non-hydrogen) atoms. The molecule has 0 bridgehead atoms. The van der Waals surface area contributed by atoms with Crippen molar-refractivity contribution in [3.8, 4) is 5.88 Å². The number of hydrogen-bond donors (Lipinski definition) is 2. The van der Waals surface area contributed by atoms with Crippen molar-refractivity contribution in [2.75, 3.05) is 0 Å². The lowest BCUT2D eigenvalue weighted by Gasteiger charge is -2.03. The van der Waals surface area contributed by atoms with Crippen molar-refractivity contribution in [3.63, 3.8) is 0 Å². The molecule has 9 heteroatoms. The molecule has 0 aliphatic carbocycles. The number of aromatic nitrogens is 2. The Balaban J connectivity index is 2.34. The zero-order valence-corrected chi connectivity index (χ0v) is 9.30. The van der Waals surface area contributed by atoms with Gasteiger partial charge in [-0.3, -0.25) is 4.40 Å². The average molecular weight is 248 g/mol. The Hall–Kier alpha value is -1.16. The van der Waals surface area contributed by atoms with E-state index in [1.807, 2.05) is 0 Å². The predicted octanol–water partition coefficient (Wildman–Crippen LogP) is -0.209. The van der Waals surface area contributed by atoms with Gasteiger partial charge in [-0.15, -0.1) is 11.3 Å². The van der Waals surface area contributed by atoms with E-state index in [4.69, 9.17) is 9.98 Å². The molecule has 2 aromatic heterocycles. The summed E-state index contributed by atoms with van der Waals surface area (Å²) in [5, 5.41) is 4.74. The molecule has 0 spiro atoms. The lowest BCUT2D eigenvalue weighted by Crippen LogP contribution is -2.33. The first-order valence-electron chi connectivity index (χ1n) is 3.85. The number of nitrogens with two attached hydrogens (primary N) is 1. The second-order valence-corrected chi connectivity index (χ2v) is 5.29. The van der Waals surface area contributed by atoms with Crippen LogP contribution in [0.3, 0.4) is 0 Å². The fourth-order valence-corrected chi connectivity index (χ4v) is 2.18. The summed E-state index contributed by atoms with van der Waals surface area (Å²) in [7, 11) is -3.87. The van der Waals surface area contributed by atoms with Gasteiger partial charge in [0.2, 0.25) is 5.88 Å². The minimum Gasteiger partial charge on any atom is -0.373 e. The van der Waals surface area contributed by atoms with E-state index < -0.39 is 10.2 Å². The lowest BCUT2D eigenvalue weighted by atomic mass is 10.6. The predicted molar refractivity (Wildman–Crippen MR) is 54.7 cm³/mol. The van der Waals surface area contributed by atoms with Crippen molar-refractivity contribution in [2.45, 2.75) is 6.92 Å². The van der Waals surface area contributed by atoms with Crippen LogP contribution < -0.4 is 14.9 Å². The molecule has 0 saturated heterocycles. The van der Waals surface area contributed by atoms with Gasteiger partial charge in [0, 0.05) is 0 Å². The lowest BCUT2D eigenvalue weighted by molar-refractivity contribution is 0.255. The van der Waals surface area contributed by atoms with E-state index in [1.165, 1.54) is 17.7 Å². The third-order valence-electron chi connectivity index (χ3n) is 1.64. The monoisotopic (exact) mass is 248 g/mol. The molecule has 7 nitrogen and oxygen atoms in total. The Kier molecular flexibility index (Phi) is 2.38. The maximum Gasteiger partial charge on any atom is 0.305 e. The minimum absolute atomic E-state index is 0.363. The third-order valence-corrected chi connectivity index (χ3v) is 2.94. The van der Waals surface area contributed by atoms with Crippen LogP contribution in [-0.4, -0.2) is 17.8 Å². The highest BCUT2D eigenvalue weighted by atomic mass is 32.2. The van der Waals surface area contributed by atoms with E-state index in [0.29, 0.717) is 5.88 Å². The summed E-state index contributed by atoms with van der Waals surface area (Å²) < 4.78 is 22.9. The number of fused-ring (bicyclic) bond motifs is 1. The Morgan fingerprint density at radius 1 is 1.67 bits per heavy atom. The summed E-state index contributed by atoms with van der Waals surface area (Å²) in [5.41, 5.74) is 0. The van der Waals surface area contributed by atoms with Gasteiger partial charge < -0.3 is 4.84 Å². The normalized spacial score (nSPS) is 12.1. The number of hydrogen-bond acceptors (Lipinski definition) is 5. The average Bonchev–Trinajstić information content (AvgIpc) is 2.60. The second-order valence-electron chi connectivity index (χ2n) is 2.80. The molecular formula is C6H8N4O3S2. The van der Waals surface area contributed by atoms with E-state index >= 15 is 0 Å². The smallest absolute Gasteiger partial charge is 0.305 e. The Bertz CT molecular complexity index is 585. The third kappa shape index (κ3) is 2.09. The highest BCUT2D eigenvalue weighted by Gasteiger charge is 2.12. The number of nitrogens with zero attached hydrogens (tertiary/aromatic N) is 2. The summed E-state index contributed by atoms with van der Waals surface area (Å²) >= 11 is 1.44. The molecule has 0 saturated carbocycles. The Morgan fingerprint density at radius 2 is 2.40 bits per heavy atom. The number of aryl methyl sites for hydroxylation is 1. The van der Waals surface area contributed by atoms with E-state index in [9.17, 15) is 8.42 Å². The summed E-state index contributed by atoms with van der Waals surface area (Å²) in [6.07, 6.45) is 3.18. The van der Waals surface area contributed by atoms with Crippen molar-refractivity contribution >= 4 is 26.4 Å². The zero-order valence-electron chi connectivity index (χ0n) is 7.67. The minimum atomic E-state index is -3.87. The molecule has 0 fully saturated rings. The molecular weight excluding hydrogens is 240 g/mol. The van der Waals surface area contributed by atoms with Gasteiger partial charge in [-0.25, -0.2) is 10.1 Å². The van der Waals surface area contributed by atoms with E-state index in [-0.39, 0.29) is 0 Å². The highest BCUT2D eigenvalue weighted by molar-refractivity contribution is 7.87. The van der Waals surface area contributed by atoms with Crippen molar-refractivity contribution in [1.82, 2.24) is 14.3 Å². The molecule has 82 valence electrons. The van der Waals surface area contributed by atoms with Gasteiger partial charge in [0.15, 0.2) is 0 Å². The van der Waals surface area contributed by atoms with Crippen LogP contribution in [0.1, 0.15) is 4.88 Å². The van der Waals surface area contributed by atoms with Crippen LogP contribution in [0.2, 0.25) is 0 Å². The molecule has 2 aromatic rings. The van der Waals surface area contributed by atoms with Gasteiger partial charge in [-0.05, 0) is 11.8 Å². The van der Waals surface area contributed by atoms with Crippen LogP contribution in [0, 0.1) is 6.92 Å². The fourth-order valence-electron chi connectivity index (χ4n) is 1.10. The quantitative estimate of drug-likeness (QED) is 0.734. The van der Waals surface area contributed by atoms with Gasteiger partial charge in [-0.1, -0.05) is 0 Å². The Morgan fingerprint density at radius 3 is 3.07 bits per heavy atom. The first-order chi connectivity index (χ1) is 6.97. The number of rotatable bonds is 3. The first-order valence-corrected chi connectivity index (χ1v) is 6.21. The van der Waals surface area contributed by atoms with Crippen LogP contribution in [0.5, 0.6) is 5.88 Å². The van der Waals surface area contributed by atoms with Gasteiger partial charge in [-0.2, -0.15) is 8.42 Å². The topological polar surface area (TPSA) is 98.7 Å². The molecule has 2 rings (SSSR count). The number of thiazole rings is 1. The van der Waals surface area contributed by atoms with Crippen molar-refractivity contribution in [1.29, 1.82) is 0 Å². The van der Waals surface area contributed by atoms with E-state index in [2.05, 4.69) is 4.98 Å². The van der Waals surface area contributed by atoms with Crippen LogP contribution in [-0.2, 0) is 10.2 Å². The molecule has 0 atom stereocenters. The van der Waals surface area contributed by atoms with E-state index in [0.717, 1.165) is 9.71 Å². The van der Waals surface area contributed by atoms with Crippen LogP contribution in [0.25, 0.3) is 4.83 Å². The molecule has 0 amide bonds. The number of nitrogens with one attached hydrogen (secondary N) is 1. The summed E-state index contributed by atoms with van der Waals surface area (Å²) in [5.74, 6) is 0.363. The number of imidazole rings is 1. The first kappa shape index (κ1) is 10.4. The second kappa shape index (κ2) is 3.45. The van der Waals surface area contributed by atoms with E-state index in [1.54, 1.807) is 22.4 Å². The maximum atomic E-state index is 10.6. The SMILES string of the molecule is Cc1sc2cncn2c1ONS(N)(=O)=O. The standard InChI is InChI=1S/C6H8N4O3S2/c1-4-6(13-9-15(7,11)12)10-3-8-2-5(10)14-4/h2-3,9H,1H3,(H2,7,11,12). The summed E-state index contributed by atoms with van der Waals surface area (Å²) in [4.78, 5) is 12.2. The van der Waals surface area contributed by atoms with Crippen LogP contribution in [0.4, 0.5) is 0 Å². The highest BCUT2D eigenvalue weighted by Crippen LogP contribution is 2.27. The van der Waals surface area contributed by atoms with Crippen LogP contribution >= 0.6 is 11.3 Å². The molecule has 3 N–H and O–H groups in total. The van der Waals surface area contributed by atoms with Crippen molar-refractivity contribution in [3.05, 3.63) is 17.4 Å². The molecule has 0 radical (unpaired) electrons. The fraction of sp³-hybridized carbons (Fsp3) is 0.167. The molecule has 0 aromatic carbocycles. The van der Waals surface area contributed by atoms with Crippen LogP contribution in [0.15, 0.2) is 12.5 Å². The van der Waals surface area contributed by atoms with Gasteiger partial charge in [0.05, 0.1) is 11.1 Å². The molecule has 0 unspecified atom stereocenters. The van der Waals surface area contributed by atoms with Gasteiger partial charge in [0.1, 0.15) is 11.2 Å².